The molecule has 0 saturated carbocycles. The van der Waals surface area contributed by atoms with Crippen molar-refractivity contribution in [2.75, 3.05) is 41.4 Å². The first-order valence-electron chi connectivity index (χ1n) is 10.2. The average Bonchev–Trinajstić information content (AvgIpc) is 3.03. The maximum Gasteiger partial charge on any atom is 0.295 e. The van der Waals surface area contributed by atoms with Crippen LogP contribution in [-0.4, -0.2) is 68.0 Å². The minimum absolute atomic E-state index is 0.0336. The van der Waals surface area contributed by atoms with E-state index in [0.717, 1.165) is 6.54 Å². The van der Waals surface area contributed by atoms with Gasteiger partial charge in [-0.25, -0.2) is 0 Å². The van der Waals surface area contributed by atoms with Crippen molar-refractivity contribution in [3.05, 3.63) is 64.2 Å². The Bertz CT molecular complexity index is 1030. The molecule has 32 heavy (non-hydrogen) atoms. The second-order valence-corrected chi connectivity index (χ2v) is 8.18. The van der Waals surface area contributed by atoms with Crippen molar-refractivity contribution in [3.63, 3.8) is 0 Å². The van der Waals surface area contributed by atoms with E-state index in [2.05, 4.69) is 0 Å². The Morgan fingerprint density at radius 1 is 1.09 bits per heavy atom. The number of aliphatic hydroxyl groups excluding tert-OH is 1. The highest BCUT2D eigenvalue weighted by atomic mass is 35.5. The van der Waals surface area contributed by atoms with E-state index in [-0.39, 0.29) is 16.4 Å². The van der Waals surface area contributed by atoms with Crippen LogP contribution in [0.1, 0.15) is 23.6 Å². The van der Waals surface area contributed by atoms with Crippen molar-refractivity contribution in [2.24, 2.45) is 0 Å². The summed E-state index contributed by atoms with van der Waals surface area (Å²) >= 11 is 6.22. The first-order valence-corrected chi connectivity index (χ1v) is 10.6. The Labute approximate surface area is 192 Å². The van der Waals surface area contributed by atoms with Crippen molar-refractivity contribution in [3.8, 4) is 11.5 Å². The van der Waals surface area contributed by atoms with Crippen LogP contribution in [0.2, 0.25) is 5.02 Å². The number of carbonyl (C=O) groups excluding carboxylic acids is 2. The second-order valence-electron chi connectivity index (χ2n) is 7.77. The molecule has 8 heteroatoms. The highest BCUT2D eigenvalue weighted by molar-refractivity contribution is 6.46. The molecule has 1 saturated heterocycles. The van der Waals surface area contributed by atoms with E-state index in [1.165, 1.54) is 18.1 Å². The van der Waals surface area contributed by atoms with Gasteiger partial charge in [-0.15, -0.1) is 0 Å². The fourth-order valence-corrected chi connectivity index (χ4v) is 4.03. The lowest BCUT2D eigenvalue weighted by atomic mass is 9.95. The Morgan fingerprint density at radius 3 is 2.34 bits per heavy atom. The molecule has 1 heterocycles. The third-order valence-electron chi connectivity index (χ3n) is 5.40. The van der Waals surface area contributed by atoms with Gasteiger partial charge in [-0.05, 0) is 63.0 Å². The van der Waals surface area contributed by atoms with Gasteiger partial charge in [0, 0.05) is 12.1 Å². The van der Waals surface area contributed by atoms with Gasteiger partial charge in [-0.3, -0.25) is 9.59 Å². The number of hydrogen-bond acceptors (Lipinski definition) is 6. The molecule has 1 aliphatic rings. The fraction of sp³-hybridized carbons (Fsp3) is 0.333. The number of ketones is 1. The standard InChI is InChI=1S/C24H27ClN2O5/c1-26(2)12-5-13-27-21(15-6-9-17(31-3)10-7-15)20(23(29)24(27)30)22(28)16-8-11-19(32-4)18(25)14-16/h6-11,14,21,28H,5,12-13H2,1-4H3/b22-20+/t21-/m1/s1. The summed E-state index contributed by atoms with van der Waals surface area (Å²) in [5.74, 6) is -0.533. The third kappa shape index (κ3) is 4.74. The fourth-order valence-electron chi connectivity index (χ4n) is 3.77. The molecule has 0 unspecified atom stereocenters. The molecular weight excluding hydrogens is 432 g/mol. The zero-order valence-corrected chi connectivity index (χ0v) is 19.3. The van der Waals surface area contributed by atoms with Gasteiger partial charge < -0.3 is 24.4 Å². The van der Waals surface area contributed by atoms with Crippen molar-refractivity contribution in [1.29, 1.82) is 0 Å². The summed E-state index contributed by atoms with van der Waals surface area (Å²) in [5.41, 5.74) is 1.07. The van der Waals surface area contributed by atoms with Gasteiger partial charge in [0.15, 0.2) is 0 Å². The van der Waals surface area contributed by atoms with E-state index >= 15 is 0 Å². The number of nitrogens with zero attached hydrogens (tertiary/aromatic N) is 2. The van der Waals surface area contributed by atoms with Gasteiger partial charge in [-0.2, -0.15) is 0 Å². The predicted octanol–water partition coefficient (Wildman–Crippen LogP) is 3.73. The van der Waals surface area contributed by atoms with E-state index in [1.54, 1.807) is 43.5 Å². The van der Waals surface area contributed by atoms with Gasteiger partial charge in [0.05, 0.1) is 30.9 Å². The molecule has 1 atom stereocenters. The Kier molecular flexibility index (Phi) is 7.43. The number of amides is 1. The smallest absolute Gasteiger partial charge is 0.295 e. The highest BCUT2D eigenvalue weighted by Crippen LogP contribution is 2.40. The number of halogens is 1. The lowest BCUT2D eigenvalue weighted by Gasteiger charge is -2.26. The zero-order chi connectivity index (χ0) is 23.4. The van der Waals surface area contributed by atoms with Gasteiger partial charge in [0.25, 0.3) is 11.7 Å². The van der Waals surface area contributed by atoms with E-state index < -0.39 is 17.7 Å². The molecule has 1 amide bonds. The van der Waals surface area contributed by atoms with Crippen LogP contribution in [0.3, 0.4) is 0 Å². The Morgan fingerprint density at radius 2 is 1.78 bits per heavy atom. The normalized spacial score (nSPS) is 17.8. The summed E-state index contributed by atoms with van der Waals surface area (Å²) in [6.45, 7) is 1.13. The minimum atomic E-state index is -0.722. The molecule has 0 aliphatic carbocycles. The molecule has 2 aromatic rings. The topological polar surface area (TPSA) is 79.3 Å². The van der Waals surface area contributed by atoms with E-state index in [4.69, 9.17) is 21.1 Å². The number of likely N-dealkylation sites (tertiary alicyclic amines) is 1. The lowest BCUT2D eigenvalue weighted by molar-refractivity contribution is -0.139. The molecule has 1 fully saturated rings. The summed E-state index contributed by atoms with van der Waals surface area (Å²) in [4.78, 5) is 29.5. The number of carbonyl (C=O) groups is 2. The summed E-state index contributed by atoms with van der Waals surface area (Å²) in [5, 5.41) is 11.4. The molecule has 1 N–H and O–H groups in total. The average molecular weight is 459 g/mol. The van der Waals surface area contributed by atoms with Crippen LogP contribution in [0.25, 0.3) is 5.76 Å². The van der Waals surface area contributed by atoms with Crippen LogP contribution in [0.15, 0.2) is 48.0 Å². The van der Waals surface area contributed by atoms with E-state index in [9.17, 15) is 14.7 Å². The van der Waals surface area contributed by atoms with Gasteiger partial charge >= 0.3 is 0 Å². The number of rotatable bonds is 8. The van der Waals surface area contributed by atoms with Crippen LogP contribution in [0.5, 0.6) is 11.5 Å². The Hall–Kier alpha value is -3.03. The van der Waals surface area contributed by atoms with Crippen molar-refractivity contribution < 1.29 is 24.2 Å². The molecule has 0 spiro atoms. The largest absolute Gasteiger partial charge is 0.507 e. The molecule has 0 radical (unpaired) electrons. The Balaban J connectivity index is 2.10. The number of benzene rings is 2. The van der Waals surface area contributed by atoms with Crippen molar-refractivity contribution in [1.82, 2.24) is 9.80 Å². The maximum atomic E-state index is 13.0. The van der Waals surface area contributed by atoms with Gasteiger partial charge in [0.1, 0.15) is 17.3 Å². The van der Waals surface area contributed by atoms with E-state index in [1.807, 2.05) is 19.0 Å². The zero-order valence-electron chi connectivity index (χ0n) is 18.6. The highest BCUT2D eigenvalue weighted by Gasteiger charge is 2.45. The summed E-state index contributed by atoms with van der Waals surface area (Å²) in [6, 6.07) is 11.1. The molecule has 1 aliphatic heterocycles. The number of hydrogen-bond donors (Lipinski definition) is 1. The second kappa shape index (κ2) is 10.1. The van der Waals surface area contributed by atoms with Crippen LogP contribution >= 0.6 is 11.6 Å². The third-order valence-corrected chi connectivity index (χ3v) is 5.70. The molecule has 2 aromatic carbocycles. The minimum Gasteiger partial charge on any atom is -0.507 e. The first-order chi connectivity index (χ1) is 15.3. The monoisotopic (exact) mass is 458 g/mol. The van der Waals surface area contributed by atoms with Gasteiger partial charge in [-0.1, -0.05) is 23.7 Å². The molecule has 7 nitrogen and oxygen atoms in total. The molecule has 0 aromatic heterocycles. The number of ether oxygens (including phenoxy) is 2. The quantitative estimate of drug-likeness (QED) is 0.369. The summed E-state index contributed by atoms with van der Waals surface area (Å²) in [6.07, 6.45) is 0.682. The first kappa shape index (κ1) is 23.6. The van der Waals surface area contributed by atoms with Crippen molar-refractivity contribution in [2.45, 2.75) is 12.5 Å². The molecular formula is C24H27ClN2O5. The van der Waals surface area contributed by atoms with Crippen LogP contribution in [-0.2, 0) is 9.59 Å². The SMILES string of the molecule is COc1ccc([C@@H]2/C(=C(\O)c3ccc(OC)c(Cl)c3)C(=O)C(=O)N2CCCN(C)C)cc1. The summed E-state index contributed by atoms with van der Waals surface area (Å²) in [7, 11) is 6.95. The number of methoxy groups -OCH3 is 2. The van der Waals surface area contributed by atoms with Crippen LogP contribution < -0.4 is 9.47 Å². The summed E-state index contributed by atoms with van der Waals surface area (Å²) < 4.78 is 10.4. The maximum absolute atomic E-state index is 13.0. The molecule has 170 valence electrons. The number of aliphatic hydroxyl groups is 1. The van der Waals surface area contributed by atoms with Crippen LogP contribution in [0, 0.1) is 0 Å². The predicted molar refractivity (Wildman–Crippen MR) is 123 cm³/mol. The molecule has 3 rings (SSSR count). The number of Topliss-reactive ketones (excluding diaryl/α,β-unsaturated/α-hetero) is 1. The van der Waals surface area contributed by atoms with Gasteiger partial charge in [0.2, 0.25) is 0 Å². The van der Waals surface area contributed by atoms with E-state index in [0.29, 0.717) is 35.6 Å². The lowest BCUT2D eigenvalue weighted by Crippen LogP contribution is -2.32. The molecule has 0 bridgehead atoms. The van der Waals surface area contributed by atoms with Crippen LogP contribution in [0.4, 0.5) is 0 Å². The van der Waals surface area contributed by atoms with Crippen molar-refractivity contribution >= 4 is 29.1 Å².